The van der Waals surface area contributed by atoms with Crippen molar-refractivity contribution in [3.05, 3.63) is 65.2 Å². The van der Waals surface area contributed by atoms with E-state index in [1.807, 2.05) is 18.2 Å². The Morgan fingerprint density at radius 2 is 1.86 bits per heavy atom. The first kappa shape index (κ1) is 22.1. The highest BCUT2D eigenvalue weighted by atomic mass is 35.5. The largest absolute Gasteiger partial charge is 0.416 e. The highest BCUT2D eigenvalue weighted by Crippen LogP contribution is 2.37. The fourth-order valence-electron chi connectivity index (χ4n) is 3.36. The lowest BCUT2D eigenvalue weighted by Crippen LogP contribution is -2.35. The summed E-state index contributed by atoms with van der Waals surface area (Å²) in [6.45, 7) is 1.79. The van der Waals surface area contributed by atoms with Gasteiger partial charge in [0.1, 0.15) is 0 Å². The van der Waals surface area contributed by atoms with Gasteiger partial charge < -0.3 is 10.6 Å². The molecular formula is C21H24ClF3N2O. The summed E-state index contributed by atoms with van der Waals surface area (Å²) in [5, 5.41) is 0. The molecule has 1 atom stereocenters. The van der Waals surface area contributed by atoms with Crippen LogP contribution >= 0.6 is 12.4 Å². The number of nitrogen functional groups attached to an aromatic ring is 1. The molecule has 1 aliphatic carbocycles. The summed E-state index contributed by atoms with van der Waals surface area (Å²) in [7, 11) is 0. The van der Waals surface area contributed by atoms with E-state index >= 15 is 0 Å². The van der Waals surface area contributed by atoms with Gasteiger partial charge in [0, 0.05) is 18.2 Å². The zero-order valence-electron chi connectivity index (χ0n) is 15.6. The van der Waals surface area contributed by atoms with Gasteiger partial charge in [0.05, 0.1) is 11.6 Å². The Hall–Kier alpha value is -2.21. The number of aryl methyl sites for hydroxylation is 1. The van der Waals surface area contributed by atoms with Gasteiger partial charge in [-0.2, -0.15) is 13.2 Å². The first-order valence-corrected chi connectivity index (χ1v) is 9.09. The standard InChI is InChI=1S/C21H23F3N2O.ClH/c1-14(16-6-4-7-17(13-16)21(22,23)24)26(18-10-11-18)20(27)12-9-15-5-2-3-8-19(15)25;/h2-8,13-14,18H,9-12,25H2,1H3;1H. The normalized spacial score (nSPS) is 14.9. The molecule has 0 bridgehead atoms. The van der Waals surface area contributed by atoms with E-state index in [9.17, 15) is 18.0 Å². The summed E-state index contributed by atoms with van der Waals surface area (Å²) >= 11 is 0. The minimum atomic E-state index is -4.39. The lowest BCUT2D eigenvalue weighted by Gasteiger charge is -2.30. The number of nitrogens with two attached hydrogens (primary N) is 1. The Labute approximate surface area is 169 Å². The predicted molar refractivity (Wildman–Crippen MR) is 106 cm³/mol. The number of halogens is 4. The average molecular weight is 413 g/mol. The first-order chi connectivity index (χ1) is 12.8. The molecule has 0 aliphatic heterocycles. The number of amides is 1. The van der Waals surface area contributed by atoms with Crippen LogP contribution in [-0.4, -0.2) is 16.8 Å². The van der Waals surface area contributed by atoms with Crippen LogP contribution in [0, 0.1) is 0 Å². The van der Waals surface area contributed by atoms with Crippen LogP contribution in [0.25, 0.3) is 0 Å². The highest BCUT2D eigenvalue weighted by molar-refractivity contribution is 5.85. The van der Waals surface area contributed by atoms with Gasteiger partial charge in [0.2, 0.25) is 5.91 Å². The van der Waals surface area contributed by atoms with Crippen LogP contribution in [0.3, 0.4) is 0 Å². The number of hydrogen-bond donors (Lipinski definition) is 1. The lowest BCUT2D eigenvalue weighted by molar-refractivity contribution is -0.137. The minimum absolute atomic E-state index is 0. The number of anilines is 1. The topological polar surface area (TPSA) is 46.3 Å². The van der Waals surface area contributed by atoms with Crippen LogP contribution in [0.2, 0.25) is 0 Å². The van der Waals surface area contributed by atoms with Crippen molar-refractivity contribution >= 4 is 24.0 Å². The molecule has 0 spiro atoms. The van der Waals surface area contributed by atoms with Crippen molar-refractivity contribution in [2.45, 2.75) is 50.9 Å². The highest BCUT2D eigenvalue weighted by Gasteiger charge is 2.37. The van der Waals surface area contributed by atoms with Gasteiger partial charge in [-0.3, -0.25) is 4.79 Å². The van der Waals surface area contributed by atoms with E-state index in [0.717, 1.165) is 30.5 Å². The summed E-state index contributed by atoms with van der Waals surface area (Å²) in [5.41, 5.74) is 7.31. The summed E-state index contributed by atoms with van der Waals surface area (Å²) in [6.07, 6.45) is -1.81. The van der Waals surface area contributed by atoms with Crippen molar-refractivity contribution in [1.82, 2.24) is 4.90 Å². The van der Waals surface area contributed by atoms with E-state index in [-0.39, 0.29) is 30.8 Å². The van der Waals surface area contributed by atoms with Gasteiger partial charge >= 0.3 is 6.18 Å². The van der Waals surface area contributed by atoms with Crippen LogP contribution in [-0.2, 0) is 17.4 Å². The predicted octanol–water partition coefficient (Wildman–Crippen LogP) is 5.39. The Morgan fingerprint density at radius 3 is 2.46 bits per heavy atom. The molecule has 1 saturated carbocycles. The number of hydrogen-bond acceptors (Lipinski definition) is 2. The van der Waals surface area contributed by atoms with Gasteiger partial charge in [-0.25, -0.2) is 0 Å². The minimum Gasteiger partial charge on any atom is -0.399 e. The zero-order valence-corrected chi connectivity index (χ0v) is 16.4. The third-order valence-electron chi connectivity index (χ3n) is 5.01. The van der Waals surface area contributed by atoms with Crippen LogP contribution in [0.1, 0.15) is 48.9 Å². The van der Waals surface area contributed by atoms with Crippen molar-refractivity contribution in [3.8, 4) is 0 Å². The Kier molecular flexibility index (Phi) is 6.99. The van der Waals surface area contributed by atoms with Crippen molar-refractivity contribution < 1.29 is 18.0 Å². The molecule has 7 heteroatoms. The van der Waals surface area contributed by atoms with Gasteiger partial charge in [0.15, 0.2) is 0 Å². The Bertz CT molecular complexity index is 821. The van der Waals surface area contributed by atoms with Crippen molar-refractivity contribution in [2.75, 3.05) is 5.73 Å². The van der Waals surface area contributed by atoms with Crippen LogP contribution < -0.4 is 5.73 Å². The van der Waals surface area contributed by atoms with Crippen molar-refractivity contribution in [3.63, 3.8) is 0 Å². The van der Waals surface area contributed by atoms with Crippen LogP contribution in [0.4, 0.5) is 18.9 Å². The fraction of sp³-hybridized carbons (Fsp3) is 0.381. The fourth-order valence-corrected chi connectivity index (χ4v) is 3.36. The number of para-hydroxylation sites is 1. The number of benzene rings is 2. The molecule has 2 N–H and O–H groups in total. The average Bonchev–Trinajstić information content (AvgIpc) is 3.45. The van der Waals surface area contributed by atoms with E-state index in [2.05, 4.69) is 0 Å². The molecule has 0 radical (unpaired) electrons. The molecular weight excluding hydrogens is 389 g/mol. The monoisotopic (exact) mass is 412 g/mol. The molecule has 2 aromatic rings. The maximum Gasteiger partial charge on any atom is 0.416 e. The Morgan fingerprint density at radius 1 is 1.18 bits per heavy atom. The third kappa shape index (κ3) is 5.19. The molecule has 152 valence electrons. The molecule has 28 heavy (non-hydrogen) atoms. The summed E-state index contributed by atoms with van der Waals surface area (Å²) < 4.78 is 39.0. The quantitative estimate of drug-likeness (QED) is 0.646. The van der Waals surface area contributed by atoms with Gasteiger partial charge in [-0.05, 0) is 55.5 Å². The molecule has 3 nitrogen and oxygen atoms in total. The number of alkyl halides is 3. The Balaban J connectivity index is 0.00000280. The second-order valence-electron chi connectivity index (χ2n) is 7.03. The maximum absolute atomic E-state index is 13.0. The van der Waals surface area contributed by atoms with E-state index < -0.39 is 17.8 Å². The molecule has 0 aromatic heterocycles. The van der Waals surface area contributed by atoms with E-state index in [1.54, 1.807) is 24.0 Å². The summed E-state index contributed by atoms with van der Waals surface area (Å²) in [4.78, 5) is 14.6. The van der Waals surface area contributed by atoms with Crippen LogP contribution in [0.15, 0.2) is 48.5 Å². The van der Waals surface area contributed by atoms with Crippen LogP contribution in [0.5, 0.6) is 0 Å². The molecule has 2 aromatic carbocycles. The molecule has 1 aliphatic rings. The molecule has 3 rings (SSSR count). The third-order valence-corrected chi connectivity index (χ3v) is 5.01. The van der Waals surface area contributed by atoms with E-state index in [1.165, 1.54) is 6.07 Å². The maximum atomic E-state index is 13.0. The smallest absolute Gasteiger partial charge is 0.399 e. The van der Waals surface area contributed by atoms with Crippen molar-refractivity contribution in [1.29, 1.82) is 0 Å². The van der Waals surface area contributed by atoms with E-state index in [4.69, 9.17) is 5.73 Å². The first-order valence-electron chi connectivity index (χ1n) is 9.09. The van der Waals surface area contributed by atoms with Gasteiger partial charge in [0.25, 0.3) is 0 Å². The second-order valence-corrected chi connectivity index (χ2v) is 7.03. The summed E-state index contributed by atoms with van der Waals surface area (Å²) in [6, 6.07) is 12.3. The number of rotatable bonds is 6. The van der Waals surface area contributed by atoms with Gasteiger partial charge in [-0.1, -0.05) is 30.3 Å². The second kappa shape index (κ2) is 8.86. The molecule has 0 saturated heterocycles. The van der Waals surface area contributed by atoms with Crippen molar-refractivity contribution in [2.24, 2.45) is 0 Å². The summed E-state index contributed by atoms with van der Waals surface area (Å²) in [5.74, 6) is -0.0503. The lowest BCUT2D eigenvalue weighted by atomic mass is 10.0. The SMILES string of the molecule is CC(c1cccc(C(F)(F)F)c1)N(C(=O)CCc1ccccc1N)C1CC1.Cl. The zero-order chi connectivity index (χ0) is 19.6. The number of carbonyl (C=O) groups is 1. The molecule has 1 fully saturated rings. The number of nitrogens with zero attached hydrogens (tertiary/aromatic N) is 1. The number of carbonyl (C=O) groups excluding carboxylic acids is 1. The molecule has 1 unspecified atom stereocenters. The van der Waals surface area contributed by atoms with E-state index in [0.29, 0.717) is 17.7 Å². The molecule has 1 amide bonds. The van der Waals surface area contributed by atoms with Gasteiger partial charge in [-0.15, -0.1) is 12.4 Å². The molecule has 0 heterocycles.